The van der Waals surface area contributed by atoms with Gasteiger partial charge in [-0.3, -0.25) is 4.79 Å². The third-order valence-corrected chi connectivity index (χ3v) is 5.61. The largest absolute Gasteiger partial charge is 0.497 e. The van der Waals surface area contributed by atoms with Crippen molar-refractivity contribution in [3.8, 4) is 5.75 Å². The van der Waals surface area contributed by atoms with E-state index in [1.807, 2.05) is 0 Å². The first-order chi connectivity index (χ1) is 11.4. The topological polar surface area (TPSA) is 78.3 Å². The third-order valence-electron chi connectivity index (χ3n) is 3.31. The molecule has 0 aliphatic heterocycles. The van der Waals surface area contributed by atoms with Crippen LogP contribution in [-0.4, -0.2) is 42.5 Å². The van der Waals surface area contributed by atoms with Gasteiger partial charge in [-0.05, 0) is 30.7 Å². The monoisotopic (exact) mass is 390 g/mol. The van der Waals surface area contributed by atoms with E-state index in [9.17, 15) is 13.2 Å². The van der Waals surface area contributed by atoms with Gasteiger partial charge in [-0.1, -0.05) is 11.6 Å². The Kier molecular flexibility index (Phi) is 6.26. The molecule has 1 aromatic carbocycles. The van der Waals surface area contributed by atoms with Crippen LogP contribution < -0.4 is 4.74 Å². The van der Waals surface area contributed by atoms with E-state index in [-0.39, 0.29) is 15.7 Å². The fraction of sp³-hybridized carbons (Fsp3) is 0.333. The van der Waals surface area contributed by atoms with Gasteiger partial charge in [-0.25, -0.2) is 13.4 Å². The molecule has 0 unspecified atom stereocenters. The summed E-state index contributed by atoms with van der Waals surface area (Å²) < 4.78 is 31.2. The van der Waals surface area contributed by atoms with Gasteiger partial charge in [-0.2, -0.15) is 0 Å². The smallest absolute Gasteiger partial charge is 0.199 e. The highest BCUT2D eigenvalue weighted by Gasteiger charge is 2.24. The lowest BCUT2D eigenvalue weighted by atomic mass is 10.3. The summed E-state index contributed by atoms with van der Waals surface area (Å²) in [6.45, 7) is 0.508. The second-order valence-corrected chi connectivity index (χ2v) is 7.70. The Morgan fingerprint density at radius 3 is 2.54 bits per heavy atom. The average Bonchev–Trinajstić information content (AvgIpc) is 2.93. The zero-order chi connectivity index (χ0) is 17.7. The number of ketones is 1. The molecule has 2 rings (SSSR count). The van der Waals surface area contributed by atoms with Gasteiger partial charge in [0.2, 0.25) is 0 Å². The van der Waals surface area contributed by atoms with Crippen molar-refractivity contribution in [3.05, 3.63) is 41.4 Å². The lowest BCUT2D eigenvalue weighted by molar-refractivity contribution is 0.101. The molecule has 0 saturated carbocycles. The zero-order valence-corrected chi connectivity index (χ0v) is 15.2. The number of ether oxygens (including phenoxy) is 1. The Balaban J connectivity index is 2.17. The summed E-state index contributed by atoms with van der Waals surface area (Å²) in [5.74, 6) is -0.378. The Labute approximate surface area is 150 Å². The predicted octanol–water partition coefficient (Wildman–Crippen LogP) is 2.83. The molecule has 0 spiro atoms. The number of nitrogens with zero attached hydrogens (tertiary/aromatic N) is 2. The molecular formula is C15H16Cl2N2O4S. The molecule has 0 atom stereocenters. The lowest BCUT2D eigenvalue weighted by Crippen LogP contribution is -2.17. The number of benzene rings is 1. The van der Waals surface area contributed by atoms with Crippen molar-refractivity contribution in [1.29, 1.82) is 0 Å². The molecular weight excluding hydrogens is 375 g/mol. The van der Waals surface area contributed by atoms with Gasteiger partial charge in [0, 0.05) is 12.4 Å². The molecule has 0 aliphatic rings. The molecule has 6 nitrogen and oxygen atoms in total. The predicted molar refractivity (Wildman–Crippen MR) is 92.0 cm³/mol. The van der Waals surface area contributed by atoms with Crippen LogP contribution in [0.25, 0.3) is 0 Å². The van der Waals surface area contributed by atoms with Gasteiger partial charge in [0.15, 0.2) is 15.6 Å². The van der Waals surface area contributed by atoms with Crippen molar-refractivity contribution in [1.82, 2.24) is 9.55 Å². The minimum Gasteiger partial charge on any atom is -0.497 e. The molecule has 24 heavy (non-hydrogen) atoms. The fourth-order valence-corrected chi connectivity index (χ4v) is 3.65. The summed E-state index contributed by atoms with van der Waals surface area (Å²) >= 11 is 11.7. The van der Waals surface area contributed by atoms with E-state index in [0.29, 0.717) is 24.6 Å². The number of sulfone groups is 1. The van der Waals surface area contributed by atoms with Crippen LogP contribution in [0.4, 0.5) is 0 Å². The van der Waals surface area contributed by atoms with Gasteiger partial charge in [0.25, 0.3) is 0 Å². The van der Waals surface area contributed by atoms with Crippen molar-refractivity contribution in [2.45, 2.75) is 17.9 Å². The number of methoxy groups -OCH3 is 1. The number of carbonyl (C=O) groups excluding carboxylic acids is 1. The van der Waals surface area contributed by atoms with Gasteiger partial charge in [0.05, 0.1) is 18.3 Å². The van der Waals surface area contributed by atoms with Crippen molar-refractivity contribution >= 4 is 38.8 Å². The molecule has 0 bridgehead atoms. The van der Waals surface area contributed by atoms with E-state index in [4.69, 9.17) is 27.9 Å². The summed E-state index contributed by atoms with van der Waals surface area (Å²) in [4.78, 5) is 16.2. The number of Topliss-reactive ketones (excluding diaryl/α,β-unsaturated/α-hetero) is 1. The van der Waals surface area contributed by atoms with Crippen LogP contribution in [0.15, 0.2) is 35.5 Å². The summed E-state index contributed by atoms with van der Waals surface area (Å²) in [6, 6.07) is 5.82. The van der Waals surface area contributed by atoms with Gasteiger partial charge >= 0.3 is 0 Å². The Morgan fingerprint density at radius 1 is 1.29 bits per heavy atom. The van der Waals surface area contributed by atoms with Crippen LogP contribution in [0.3, 0.4) is 0 Å². The minimum atomic E-state index is -3.79. The second-order valence-electron chi connectivity index (χ2n) is 4.98. The highest BCUT2D eigenvalue weighted by molar-refractivity contribution is 7.92. The maximum absolute atomic E-state index is 12.3. The highest BCUT2D eigenvalue weighted by atomic mass is 35.5. The number of aryl methyl sites for hydroxylation is 1. The first-order valence-corrected chi connectivity index (χ1v) is 9.62. The molecule has 130 valence electrons. The Hall–Kier alpha value is -1.57. The van der Waals surface area contributed by atoms with E-state index in [1.54, 1.807) is 4.57 Å². The Bertz CT molecular complexity index is 816. The SMILES string of the molecule is COc1ccc(S(=O)(=O)CC(=O)c2ncn(CCCCl)c2Cl)cc1. The van der Waals surface area contributed by atoms with Crippen LogP contribution in [0.2, 0.25) is 5.15 Å². The fourth-order valence-electron chi connectivity index (χ4n) is 2.05. The normalized spacial score (nSPS) is 11.5. The number of carbonyl (C=O) groups is 1. The van der Waals surface area contributed by atoms with E-state index in [1.165, 1.54) is 37.7 Å². The maximum Gasteiger partial charge on any atom is 0.199 e. The number of halogens is 2. The maximum atomic E-state index is 12.3. The van der Waals surface area contributed by atoms with E-state index < -0.39 is 21.4 Å². The first-order valence-electron chi connectivity index (χ1n) is 7.05. The van der Waals surface area contributed by atoms with Gasteiger partial charge in [0.1, 0.15) is 22.3 Å². The molecule has 1 heterocycles. The van der Waals surface area contributed by atoms with E-state index >= 15 is 0 Å². The van der Waals surface area contributed by atoms with Crippen LogP contribution in [0.5, 0.6) is 5.75 Å². The summed E-state index contributed by atoms with van der Waals surface area (Å²) in [5, 5.41) is 0.120. The number of alkyl halides is 1. The molecule has 0 fully saturated rings. The first kappa shape index (κ1) is 18.8. The Morgan fingerprint density at radius 2 is 1.96 bits per heavy atom. The summed E-state index contributed by atoms with van der Waals surface area (Å²) in [6.07, 6.45) is 2.07. The standard InChI is InChI=1S/C15H16Cl2N2O4S/c1-23-11-3-5-12(6-4-11)24(21,22)9-13(20)14-15(17)19(10-18-14)8-2-7-16/h3-6,10H,2,7-9H2,1H3. The highest BCUT2D eigenvalue weighted by Crippen LogP contribution is 2.20. The van der Waals surface area contributed by atoms with Crippen molar-refractivity contribution in [2.75, 3.05) is 18.7 Å². The second kappa shape index (κ2) is 8.00. The molecule has 0 saturated heterocycles. The number of hydrogen-bond acceptors (Lipinski definition) is 5. The van der Waals surface area contributed by atoms with Crippen molar-refractivity contribution < 1.29 is 17.9 Å². The molecule has 9 heteroatoms. The third kappa shape index (κ3) is 4.28. The number of imidazole rings is 1. The molecule has 2 aromatic rings. The van der Waals surface area contributed by atoms with Crippen LogP contribution in [0, 0.1) is 0 Å². The zero-order valence-electron chi connectivity index (χ0n) is 12.9. The molecule has 0 N–H and O–H groups in total. The minimum absolute atomic E-state index is 0.0364. The quantitative estimate of drug-likeness (QED) is 0.511. The van der Waals surface area contributed by atoms with Crippen LogP contribution in [-0.2, 0) is 16.4 Å². The molecule has 1 aromatic heterocycles. The van der Waals surface area contributed by atoms with Crippen molar-refractivity contribution in [2.24, 2.45) is 0 Å². The van der Waals surface area contributed by atoms with E-state index in [2.05, 4.69) is 4.98 Å². The molecule has 0 radical (unpaired) electrons. The summed E-state index contributed by atoms with van der Waals surface area (Å²) in [7, 11) is -2.31. The van der Waals surface area contributed by atoms with Crippen LogP contribution in [0.1, 0.15) is 16.9 Å². The van der Waals surface area contributed by atoms with Crippen LogP contribution >= 0.6 is 23.2 Å². The number of hydrogen-bond donors (Lipinski definition) is 0. The lowest BCUT2D eigenvalue weighted by Gasteiger charge is -2.05. The van der Waals surface area contributed by atoms with Crippen molar-refractivity contribution in [3.63, 3.8) is 0 Å². The number of aromatic nitrogens is 2. The van der Waals surface area contributed by atoms with Gasteiger partial charge < -0.3 is 9.30 Å². The summed E-state index contributed by atoms with van der Waals surface area (Å²) in [5.41, 5.74) is -0.0525. The molecule has 0 aliphatic carbocycles. The molecule has 0 amide bonds. The number of rotatable bonds is 8. The van der Waals surface area contributed by atoms with E-state index in [0.717, 1.165) is 0 Å². The average molecular weight is 391 g/mol. The van der Waals surface area contributed by atoms with Gasteiger partial charge in [-0.15, -0.1) is 11.6 Å².